The molecule has 338 valence electrons. The minimum Gasteiger partial charge on any atom is -0.490 e. The summed E-state index contributed by atoms with van der Waals surface area (Å²) in [5.41, 5.74) is 25.0. The van der Waals surface area contributed by atoms with Gasteiger partial charge in [-0.05, 0) is 124 Å². The van der Waals surface area contributed by atoms with Crippen LogP contribution in [0.4, 0.5) is 24.8 Å². The summed E-state index contributed by atoms with van der Waals surface area (Å²) >= 11 is 0. The van der Waals surface area contributed by atoms with Crippen LogP contribution in [0.1, 0.15) is 103 Å². The van der Waals surface area contributed by atoms with Gasteiger partial charge in [0.1, 0.15) is 39.9 Å². The molecule has 9 rings (SSSR count). The lowest BCUT2D eigenvalue weighted by molar-refractivity contribution is -0.137. The van der Waals surface area contributed by atoms with Gasteiger partial charge < -0.3 is 37.5 Å². The number of hydrogen-bond donors (Lipinski definition) is 4. The highest BCUT2D eigenvalue weighted by atomic mass is 19.4. The molecule has 4 heterocycles. The van der Waals surface area contributed by atoms with Crippen LogP contribution >= 0.6 is 0 Å². The van der Waals surface area contributed by atoms with Crippen LogP contribution in [0.25, 0.3) is 22.5 Å². The molecule has 0 radical (unpaired) electrons. The van der Waals surface area contributed by atoms with E-state index in [-0.39, 0.29) is 63.5 Å². The van der Waals surface area contributed by atoms with E-state index >= 15 is 0 Å². The smallest absolute Gasteiger partial charge is 0.416 e. The maximum atomic E-state index is 12.9. The van der Waals surface area contributed by atoms with E-state index in [9.17, 15) is 32.3 Å². The predicted molar refractivity (Wildman–Crippen MR) is 233 cm³/mol. The molecule has 0 bridgehead atoms. The molecule has 64 heavy (non-hydrogen) atoms. The van der Waals surface area contributed by atoms with Crippen LogP contribution in [0.5, 0.6) is 5.75 Å². The number of rotatable bonds is 10. The maximum Gasteiger partial charge on any atom is 0.416 e. The second kappa shape index (κ2) is 16.8. The Bertz CT molecular complexity index is 2480. The third-order valence-electron chi connectivity index (χ3n) is 13.8. The van der Waals surface area contributed by atoms with Gasteiger partial charge >= 0.3 is 6.18 Å². The average Bonchev–Trinajstić information content (AvgIpc) is 4.10. The van der Waals surface area contributed by atoms with Crippen LogP contribution < -0.4 is 27.7 Å². The zero-order chi connectivity index (χ0) is 45.7. The minimum atomic E-state index is -4.47. The van der Waals surface area contributed by atoms with Gasteiger partial charge in [0.2, 0.25) is 11.8 Å². The summed E-state index contributed by atoms with van der Waals surface area (Å²) in [4.78, 5) is 51.7. The predicted octanol–water partition coefficient (Wildman–Crippen LogP) is 6.28. The molecule has 18 heteroatoms. The first kappa shape index (κ1) is 44.0. The number of alkyl halides is 3. The van der Waals surface area contributed by atoms with E-state index in [1.54, 1.807) is 9.58 Å². The number of aromatic nitrogens is 4. The van der Waals surface area contributed by atoms with E-state index in [4.69, 9.17) is 32.8 Å². The molecule has 3 aliphatic carbocycles. The normalized spacial score (nSPS) is 23.9. The number of benzene rings is 2. The summed E-state index contributed by atoms with van der Waals surface area (Å²) in [7, 11) is 0. The van der Waals surface area contributed by atoms with E-state index < -0.39 is 23.6 Å². The van der Waals surface area contributed by atoms with Gasteiger partial charge in [0.25, 0.3) is 11.8 Å². The van der Waals surface area contributed by atoms with Crippen molar-refractivity contribution in [3.8, 4) is 28.3 Å². The van der Waals surface area contributed by atoms with Crippen LogP contribution in [0.2, 0.25) is 0 Å². The number of primary amides is 2. The van der Waals surface area contributed by atoms with Crippen molar-refractivity contribution in [3.05, 3.63) is 90.5 Å². The first-order chi connectivity index (χ1) is 30.4. The maximum absolute atomic E-state index is 12.9. The lowest BCUT2D eigenvalue weighted by atomic mass is 9.65. The van der Waals surface area contributed by atoms with Crippen LogP contribution in [-0.2, 0) is 15.8 Å². The van der Waals surface area contributed by atoms with Crippen molar-refractivity contribution >= 4 is 35.3 Å². The Labute approximate surface area is 368 Å². The molecular weight excluding hydrogens is 830 g/mol. The number of carbonyl (C=O) groups excluding carboxylic acids is 4. The fourth-order valence-corrected chi connectivity index (χ4v) is 10.4. The zero-order valence-electron chi connectivity index (χ0n) is 35.5. The monoisotopic (exact) mass is 882 g/mol. The van der Waals surface area contributed by atoms with Crippen LogP contribution in [0.3, 0.4) is 0 Å². The SMILES string of the molecule is C=CC(=O)N1CCC2(CC(n3nc(-c4ccc(C(F)(F)F)cc4)c(C(N)=O)c3N)C2)C1.C=CC(=O)N1CCC2(CC(n3nc(-c4ccc(OC5CCCC5)cc4)c(C(N)=O)c3N)C2)C1. The van der Waals surface area contributed by atoms with E-state index in [2.05, 4.69) is 18.3 Å². The highest BCUT2D eigenvalue weighted by Gasteiger charge is 2.52. The first-order valence-electron chi connectivity index (χ1n) is 21.6. The zero-order valence-corrected chi connectivity index (χ0v) is 35.5. The molecule has 2 spiro atoms. The fourth-order valence-electron chi connectivity index (χ4n) is 10.4. The van der Waals surface area contributed by atoms with E-state index in [0.29, 0.717) is 30.2 Å². The molecule has 0 atom stereocenters. The number of hydrogen-bond acceptors (Lipinski definition) is 9. The lowest BCUT2D eigenvalue weighted by Crippen LogP contribution is -2.42. The molecule has 2 aliphatic heterocycles. The highest BCUT2D eigenvalue weighted by Crippen LogP contribution is 2.56. The standard InChI is InChI=1S/C25H31N5O3.C21H22F3N5O2/c1-2-20(31)29-12-11-25(15-29)13-17(14-25)30-23(26)21(24(27)32)22(28-30)16-7-9-19(10-8-16)33-18-5-3-4-6-18;1-2-15(30)28-8-7-20(11-28)9-14(10-20)29-18(25)16(19(26)31)17(27-29)12-3-5-13(6-4-12)21(22,23)24/h2,7-10,17-18H,1,3-6,11-15,26H2,(H2,27,32);2-6,14H,1,7-11,25H2,(H2,26,31). The molecule has 5 aliphatic rings. The Morgan fingerprint density at radius 2 is 1.09 bits per heavy atom. The Hall–Kier alpha value is -6.59. The van der Waals surface area contributed by atoms with Crippen molar-refractivity contribution < 1.29 is 37.1 Å². The van der Waals surface area contributed by atoms with Crippen molar-refractivity contribution in [2.45, 2.75) is 88.6 Å². The van der Waals surface area contributed by atoms with Crippen molar-refractivity contribution in [3.63, 3.8) is 0 Å². The van der Waals surface area contributed by atoms with E-state index in [1.165, 1.54) is 41.8 Å². The summed E-state index contributed by atoms with van der Waals surface area (Å²) < 4.78 is 47.9. The highest BCUT2D eigenvalue weighted by molar-refractivity contribution is 6.04. The molecule has 2 saturated heterocycles. The molecule has 2 aromatic carbocycles. The molecule has 5 fully saturated rings. The first-order valence-corrected chi connectivity index (χ1v) is 21.6. The Kier molecular flexibility index (Phi) is 11.6. The molecule has 15 nitrogen and oxygen atoms in total. The van der Waals surface area contributed by atoms with Crippen LogP contribution in [-0.4, -0.2) is 85.3 Å². The Morgan fingerprint density at radius 3 is 1.47 bits per heavy atom. The van der Waals surface area contributed by atoms with Gasteiger partial charge in [0, 0.05) is 37.3 Å². The molecular formula is C46H53F3N10O5. The Balaban J connectivity index is 0.000000175. The number of carbonyl (C=O) groups is 4. The fraction of sp³-hybridized carbons (Fsp3) is 0.435. The molecule has 4 aromatic rings. The Morgan fingerprint density at radius 1 is 0.688 bits per heavy atom. The largest absolute Gasteiger partial charge is 0.490 e. The summed E-state index contributed by atoms with van der Waals surface area (Å²) in [5.74, 6) is -0.277. The van der Waals surface area contributed by atoms with Crippen molar-refractivity contribution in [2.24, 2.45) is 22.3 Å². The molecule has 2 aromatic heterocycles. The van der Waals surface area contributed by atoms with Crippen LogP contribution in [0.15, 0.2) is 73.8 Å². The topological polar surface area (TPSA) is 224 Å². The van der Waals surface area contributed by atoms with Crippen molar-refractivity contribution in [2.75, 3.05) is 37.6 Å². The second-order valence-corrected chi connectivity index (χ2v) is 18.0. The van der Waals surface area contributed by atoms with Crippen LogP contribution in [0, 0.1) is 10.8 Å². The number of amides is 4. The second-order valence-electron chi connectivity index (χ2n) is 18.0. The van der Waals surface area contributed by atoms with Gasteiger partial charge in [-0.3, -0.25) is 19.2 Å². The average molecular weight is 883 g/mol. The number of nitrogen functional groups attached to an aromatic ring is 2. The van der Waals surface area contributed by atoms with Gasteiger partial charge in [0.05, 0.1) is 23.8 Å². The van der Waals surface area contributed by atoms with Gasteiger partial charge in [-0.15, -0.1) is 0 Å². The van der Waals surface area contributed by atoms with Gasteiger partial charge in [-0.1, -0.05) is 25.3 Å². The summed E-state index contributed by atoms with van der Waals surface area (Å²) in [5, 5.41) is 9.19. The molecule has 8 N–H and O–H groups in total. The third-order valence-corrected chi connectivity index (χ3v) is 13.8. The third kappa shape index (κ3) is 8.32. The quantitative estimate of drug-likeness (QED) is 0.131. The van der Waals surface area contributed by atoms with E-state index in [0.717, 1.165) is 87.9 Å². The van der Waals surface area contributed by atoms with Crippen molar-refractivity contribution in [1.29, 1.82) is 0 Å². The lowest BCUT2D eigenvalue weighted by Gasteiger charge is -2.45. The number of nitrogens with zero attached hydrogens (tertiary/aromatic N) is 6. The number of likely N-dealkylation sites (tertiary alicyclic amines) is 2. The number of anilines is 2. The molecule has 4 amide bonds. The van der Waals surface area contributed by atoms with E-state index in [1.807, 2.05) is 29.2 Å². The van der Waals surface area contributed by atoms with Gasteiger partial charge in [-0.25, -0.2) is 9.36 Å². The molecule has 3 saturated carbocycles. The summed E-state index contributed by atoms with van der Waals surface area (Å²) in [6.07, 6.45) is 8.11. The van der Waals surface area contributed by atoms with Gasteiger partial charge in [-0.2, -0.15) is 23.4 Å². The number of nitrogens with two attached hydrogens (primary N) is 4. The number of halogens is 3. The number of ether oxygens (including phenoxy) is 1. The van der Waals surface area contributed by atoms with Gasteiger partial charge in [0.15, 0.2) is 0 Å². The minimum absolute atomic E-state index is 0.00408. The van der Waals surface area contributed by atoms with Crippen molar-refractivity contribution in [1.82, 2.24) is 29.4 Å². The molecule has 0 unspecified atom stereocenters. The summed E-state index contributed by atoms with van der Waals surface area (Å²) in [6, 6.07) is 12.0. The summed E-state index contributed by atoms with van der Waals surface area (Å²) in [6.45, 7) is 9.88.